The molecule has 0 aliphatic carbocycles. The molecule has 0 atom stereocenters. The summed E-state index contributed by atoms with van der Waals surface area (Å²) in [6.07, 6.45) is 0.604. The van der Waals surface area contributed by atoms with E-state index < -0.39 is 5.97 Å². The van der Waals surface area contributed by atoms with Crippen LogP contribution in [0.5, 0.6) is 0 Å². The van der Waals surface area contributed by atoms with Gasteiger partial charge in [0.15, 0.2) is 5.89 Å². The molecule has 1 aromatic heterocycles. The molecular formula is C10H15N3O3. The van der Waals surface area contributed by atoms with E-state index in [4.69, 9.17) is 9.52 Å². The normalized spacial score (nSPS) is 16.4. The van der Waals surface area contributed by atoms with E-state index in [1.165, 1.54) is 0 Å². The minimum Gasteiger partial charge on any atom is -0.476 e. The number of piperazine rings is 1. The van der Waals surface area contributed by atoms with E-state index in [2.05, 4.69) is 10.3 Å². The summed E-state index contributed by atoms with van der Waals surface area (Å²) in [6.45, 7) is 5.05. The van der Waals surface area contributed by atoms with Gasteiger partial charge in [0.05, 0.1) is 0 Å². The number of oxazole rings is 1. The Morgan fingerprint density at radius 3 is 2.81 bits per heavy atom. The van der Waals surface area contributed by atoms with E-state index in [1.807, 2.05) is 11.8 Å². The molecule has 6 nitrogen and oxygen atoms in total. The lowest BCUT2D eigenvalue weighted by atomic mass is 10.3. The van der Waals surface area contributed by atoms with Crippen molar-refractivity contribution in [2.45, 2.75) is 13.3 Å². The third-order valence-electron chi connectivity index (χ3n) is 2.56. The van der Waals surface area contributed by atoms with Gasteiger partial charge in [-0.2, -0.15) is 0 Å². The number of aromatic carboxylic acids is 1. The van der Waals surface area contributed by atoms with E-state index in [9.17, 15) is 4.79 Å². The maximum Gasteiger partial charge on any atom is 0.360 e. The maximum atomic E-state index is 11.0. The van der Waals surface area contributed by atoms with Crippen LogP contribution in [0, 0.1) is 0 Å². The highest BCUT2D eigenvalue weighted by atomic mass is 16.4. The minimum atomic E-state index is -1.03. The minimum absolute atomic E-state index is 0.0266. The standard InChI is InChI=1S/C10H15N3O3/c1-2-7-12-8(10(14)15)9(16-7)13-5-3-11-4-6-13/h11H,2-6H2,1H3,(H,14,15). The molecule has 88 valence electrons. The Labute approximate surface area is 93.3 Å². The highest BCUT2D eigenvalue weighted by Gasteiger charge is 2.24. The number of anilines is 1. The molecule has 2 rings (SSSR count). The van der Waals surface area contributed by atoms with Gasteiger partial charge in [0.1, 0.15) is 0 Å². The highest BCUT2D eigenvalue weighted by Crippen LogP contribution is 2.22. The van der Waals surface area contributed by atoms with Crippen molar-refractivity contribution in [2.24, 2.45) is 0 Å². The first-order valence-corrected chi connectivity index (χ1v) is 5.41. The molecule has 2 N–H and O–H groups in total. The van der Waals surface area contributed by atoms with Gasteiger partial charge in [0.2, 0.25) is 11.6 Å². The number of aromatic nitrogens is 1. The van der Waals surface area contributed by atoms with Crippen molar-refractivity contribution in [1.29, 1.82) is 0 Å². The second-order valence-corrected chi connectivity index (χ2v) is 3.66. The van der Waals surface area contributed by atoms with Crippen molar-refractivity contribution in [3.8, 4) is 0 Å². The molecule has 6 heteroatoms. The summed E-state index contributed by atoms with van der Waals surface area (Å²) in [4.78, 5) is 16.9. The Kier molecular flexibility index (Phi) is 3.09. The number of carbonyl (C=O) groups is 1. The fraction of sp³-hybridized carbons (Fsp3) is 0.600. The van der Waals surface area contributed by atoms with Crippen LogP contribution >= 0.6 is 0 Å². The molecule has 0 unspecified atom stereocenters. The second kappa shape index (κ2) is 4.52. The number of hydrogen-bond donors (Lipinski definition) is 2. The lowest BCUT2D eigenvalue weighted by Gasteiger charge is -2.26. The Balaban J connectivity index is 2.29. The summed E-state index contributed by atoms with van der Waals surface area (Å²) in [6, 6.07) is 0. The smallest absolute Gasteiger partial charge is 0.360 e. The third kappa shape index (κ3) is 2.01. The number of carboxylic acids is 1. The van der Waals surface area contributed by atoms with Gasteiger partial charge in [-0.05, 0) is 0 Å². The summed E-state index contributed by atoms with van der Waals surface area (Å²) in [5, 5.41) is 12.2. The van der Waals surface area contributed by atoms with Gasteiger partial charge in [0, 0.05) is 32.6 Å². The largest absolute Gasteiger partial charge is 0.476 e. The summed E-state index contributed by atoms with van der Waals surface area (Å²) in [5.41, 5.74) is 0.0266. The van der Waals surface area contributed by atoms with Crippen molar-refractivity contribution in [2.75, 3.05) is 31.1 Å². The Morgan fingerprint density at radius 1 is 1.56 bits per heavy atom. The fourth-order valence-electron chi connectivity index (χ4n) is 1.73. The first-order valence-electron chi connectivity index (χ1n) is 5.41. The number of hydrogen-bond acceptors (Lipinski definition) is 5. The quantitative estimate of drug-likeness (QED) is 0.772. The van der Waals surface area contributed by atoms with E-state index in [1.54, 1.807) is 0 Å². The van der Waals surface area contributed by atoms with Gasteiger partial charge < -0.3 is 19.7 Å². The molecule has 1 aliphatic heterocycles. The maximum absolute atomic E-state index is 11.0. The number of rotatable bonds is 3. The topological polar surface area (TPSA) is 78.6 Å². The van der Waals surface area contributed by atoms with Crippen LogP contribution in [0.3, 0.4) is 0 Å². The lowest BCUT2D eigenvalue weighted by molar-refractivity contribution is 0.0691. The zero-order valence-electron chi connectivity index (χ0n) is 9.19. The lowest BCUT2D eigenvalue weighted by Crippen LogP contribution is -2.43. The first-order chi connectivity index (χ1) is 7.72. The second-order valence-electron chi connectivity index (χ2n) is 3.66. The van der Waals surface area contributed by atoms with Gasteiger partial charge in [-0.3, -0.25) is 0 Å². The number of nitrogens with zero attached hydrogens (tertiary/aromatic N) is 2. The zero-order chi connectivity index (χ0) is 11.5. The Hall–Kier alpha value is -1.56. The average Bonchev–Trinajstić information content (AvgIpc) is 2.74. The molecule has 0 radical (unpaired) electrons. The highest BCUT2D eigenvalue weighted by molar-refractivity contribution is 5.90. The predicted molar refractivity (Wildman–Crippen MR) is 57.9 cm³/mol. The Morgan fingerprint density at radius 2 is 2.25 bits per heavy atom. The van der Waals surface area contributed by atoms with E-state index >= 15 is 0 Å². The van der Waals surface area contributed by atoms with Crippen LogP contribution in [0.2, 0.25) is 0 Å². The van der Waals surface area contributed by atoms with Gasteiger partial charge in [-0.15, -0.1) is 0 Å². The molecule has 1 aromatic rings. The van der Waals surface area contributed by atoms with Crippen LogP contribution in [0.1, 0.15) is 23.3 Å². The first kappa shape index (κ1) is 10.9. The number of aryl methyl sites for hydroxylation is 1. The van der Waals surface area contributed by atoms with Crippen LogP contribution < -0.4 is 10.2 Å². The zero-order valence-corrected chi connectivity index (χ0v) is 9.19. The van der Waals surface area contributed by atoms with Crippen molar-refractivity contribution in [1.82, 2.24) is 10.3 Å². The van der Waals surface area contributed by atoms with E-state index in [0.29, 0.717) is 18.2 Å². The molecule has 1 saturated heterocycles. The molecule has 0 spiro atoms. The summed E-state index contributed by atoms with van der Waals surface area (Å²) in [7, 11) is 0. The molecular weight excluding hydrogens is 210 g/mol. The predicted octanol–water partition coefficient (Wildman–Crippen LogP) is 0.345. The van der Waals surface area contributed by atoms with E-state index in [-0.39, 0.29) is 5.69 Å². The van der Waals surface area contributed by atoms with Crippen molar-refractivity contribution < 1.29 is 14.3 Å². The van der Waals surface area contributed by atoms with Crippen molar-refractivity contribution in [3.05, 3.63) is 11.6 Å². The van der Waals surface area contributed by atoms with Crippen LogP contribution in [0.25, 0.3) is 0 Å². The summed E-state index contributed by atoms with van der Waals surface area (Å²) < 4.78 is 5.47. The van der Waals surface area contributed by atoms with Crippen LogP contribution in [0.4, 0.5) is 5.88 Å². The number of nitrogens with one attached hydrogen (secondary N) is 1. The van der Waals surface area contributed by atoms with Gasteiger partial charge >= 0.3 is 5.97 Å². The fourth-order valence-corrected chi connectivity index (χ4v) is 1.73. The van der Waals surface area contributed by atoms with Gasteiger partial charge in [0.25, 0.3) is 0 Å². The molecule has 0 amide bonds. The third-order valence-corrected chi connectivity index (χ3v) is 2.56. The summed E-state index contributed by atoms with van der Waals surface area (Å²) in [5.74, 6) is -0.159. The van der Waals surface area contributed by atoms with Gasteiger partial charge in [-0.1, -0.05) is 6.92 Å². The molecule has 1 fully saturated rings. The Bertz CT molecular complexity index is 383. The van der Waals surface area contributed by atoms with Gasteiger partial charge in [-0.25, -0.2) is 9.78 Å². The average molecular weight is 225 g/mol. The molecule has 0 saturated carbocycles. The van der Waals surface area contributed by atoms with Crippen molar-refractivity contribution >= 4 is 11.9 Å². The van der Waals surface area contributed by atoms with Crippen LogP contribution in [-0.4, -0.2) is 42.2 Å². The monoisotopic (exact) mass is 225 g/mol. The van der Waals surface area contributed by atoms with Crippen LogP contribution in [-0.2, 0) is 6.42 Å². The van der Waals surface area contributed by atoms with E-state index in [0.717, 1.165) is 26.2 Å². The molecule has 16 heavy (non-hydrogen) atoms. The van der Waals surface area contributed by atoms with Crippen molar-refractivity contribution in [3.63, 3.8) is 0 Å². The SMILES string of the molecule is CCc1nc(C(=O)O)c(N2CCNCC2)o1. The molecule has 1 aliphatic rings. The molecule has 2 heterocycles. The number of carboxylic acid groups (broad SMARTS) is 1. The summed E-state index contributed by atoms with van der Waals surface area (Å²) >= 11 is 0. The molecule has 0 aromatic carbocycles. The molecule has 0 bridgehead atoms. The van der Waals surface area contributed by atoms with Crippen LogP contribution in [0.15, 0.2) is 4.42 Å².